The van der Waals surface area contributed by atoms with Crippen molar-refractivity contribution in [3.05, 3.63) is 47.5 Å². The molecule has 2 heterocycles. The van der Waals surface area contributed by atoms with E-state index in [1.54, 1.807) is 15.9 Å². The third-order valence-corrected chi connectivity index (χ3v) is 5.44. The van der Waals surface area contributed by atoms with Gasteiger partial charge < -0.3 is 20.5 Å². The van der Waals surface area contributed by atoms with Crippen LogP contribution < -0.4 is 20.9 Å². The molecule has 2 aliphatic rings. The van der Waals surface area contributed by atoms with Gasteiger partial charge in [0.15, 0.2) is 0 Å². The molecule has 3 amide bonds. The van der Waals surface area contributed by atoms with E-state index >= 15 is 0 Å². The van der Waals surface area contributed by atoms with E-state index in [1.165, 1.54) is 0 Å². The van der Waals surface area contributed by atoms with Crippen LogP contribution in [-0.4, -0.2) is 42.9 Å². The quantitative estimate of drug-likeness (QED) is 0.441. The normalized spacial score (nSPS) is 14.3. The minimum atomic E-state index is -0.515. The van der Waals surface area contributed by atoms with Crippen molar-refractivity contribution >= 4 is 41.3 Å². The lowest BCUT2D eigenvalue weighted by Crippen LogP contribution is -2.35. The summed E-state index contributed by atoms with van der Waals surface area (Å²) in [5, 5.41) is 2.59. The zero-order chi connectivity index (χ0) is 26.7. The number of carbonyl (C=O) groups is 3. The topological polar surface area (TPSA) is 114 Å². The van der Waals surface area contributed by atoms with Gasteiger partial charge in [-0.3, -0.25) is 14.6 Å². The lowest BCUT2D eigenvalue weighted by molar-refractivity contribution is -0.105. The van der Waals surface area contributed by atoms with Crippen molar-refractivity contribution in [1.82, 2.24) is 0 Å². The van der Waals surface area contributed by atoms with Gasteiger partial charge in [-0.05, 0) is 89.8 Å². The number of carbonyl (C=O) groups excluding carboxylic acids is 3. The zero-order valence-electron chi connectivity index (χ0n) is 21.9. The molecule has 2 aromatic carbocycles. The number of fused-ring (bicyclic) bond motifs is 2. The Kier molecular flexibility index (Phi) is 7.81. The number of ether oxygens (including phenoxy) is 2. The van der Waals surface area contributed by atoms with Crippen LogP contribution >= 0.6 is 0 Å². The van der Waals surface area contributed by atoms with Gasteiger partial charge >= 0.3 is 12.2 Å². The van der Waals surface area contributed by atoms with Crippen LogP contribution in [0.3, 0.4) is 0 Å². The molecule has 0 saturated carbocycles. The first-order valence-corrected chi connectivity index (χ1v) is 12.0. The first kappa shape index (κ1) is 26.8. The highest BCUT2D eigenvalue weighted by Crippen LogP contribution is 2.32. The minimum absolute atomic E-state index is 0.304. The molecule has 0 aromatic heterocycles. The largest absolute Gasteiger partial charge is 0.443 e. The van der Waals surface area contributed by atoms with Crippen molar-refractivity contribution in [2.45, 2.75) is 65.6 Å². The molecule has 0 bridgehead atoms. The van der Waals surface area contributed by atoms with Crippen LogP contribution in [0.4, 0.5) is 32.3 Å². The smallest absolute Gasteiger partial charge is 0.414 e. The second kappa shape index (κ2) is 10.5. The highest BCUT2D eigenvalue weighted by atomic mass is 16.6. The molecule has 0 fully saturated rings. The van der Waals surface area contributed by atoms with Crippen molar-refractivity contribution in [2.75, 3.05) is 33.9 Å². The van der Waals surface area contributed by atoms with Crippen LogP contribution in [-0.2, 0) is 27.1 Å². The van der Waals surface area contributed by atoms with E-state index < -0.39 is 11.2 Å². The van der Waals surface area contributed by atoms with E-state index in [4.69, 9.17) is 15.2 Å². The van der Waals surface area contributed by atoms with Crippen molar-refractivity contribution in [1.29, 1.82) is 0 Å². The summed E-state index contributed by atoms with van der Waals surface area (Å²) >= 11 is 0. The number of nitrogens with two attached hydrogens (primary N) is 1. The van der Waals surface area contributed by atoms with Gasteiger partial charge in [-0.2, -0.15) is 0 Å². The molecule has 0 unspecified atom stereocenters. The Balaban J connectivity index is 0.000000202. The summed E-state index contributed by atoms with van der Waals surface area (Å²) in [6, 6.07) is 11.2. The van der Waals surface area contributed by atoms with E-state index in [2.05, 4.69) is 5.32 Å². The molecule has 9 nitrogen and oxygen atoms in total. The maximum absolute atomic E-state index is 12.1. The number of hydrogen-bond acceptors (Lipinski definition) is 6. The fourth-order valence-electron chi connectivity index (χ4n) is 3.95. The Morgan fingerprint density at radius 2 is 1.31 bits per heavy atom. The van der Waals surface area contributed by atoms with Gasteiger partial charge in [0, 0.05) is 24.5 Å². The third kappa shape index (κ3) is 6.90. The summed E-state index contributed by atoms with van der Waals surface area (Å²) in [5.41, 5.74) is 10.0. The lowest BCUT2D eigenvalue weighted by atomic mass is 10.1. The highest BCUT2D eigenvalue weighted by molar-refractivity contribution is 5.92. The van der Waals surface area contributed by atoms with E-state index in [9.17, 15) is 14.4 Å². The second-order valence-electron chi connectivity index (χ2n) is 10.8. The summed E-state index contributed by atoms with van der Waals surface area (Å²) in [7, 11) is 0. The summed E-state index contributed by atoms with van der Waals surface area (Å²) in [6.07, 6.45) is 1.62. The van der Waals surface area contributed by atoms with Gasteiger partial charge in [0.25, 0.3) is 0 Å². The Labute approximate surface area is 212 Å². The highest BCUT2D eigenvalue weighted by Gasteiger charge is 2.30. The fourth-order valence-corrected chi connectivity index (χ4v) is 3.95. The molecule has 2 aliphatic heterocycles. The number of nitrogens with zero attached hydrogens (tertiary/aromatic N) is 2. The third-order valence-electron chi connectivity index (χ3n) is 5.44. The van der Waals surface area contributed by atoms with Gasteiger partial charge in [-0.25, -0.2) is 9.59 Å². The van der Waals surface area contributed by atoms with Gasteiger partial charge in [-0.15, -0.1) is 0 Å². The van der Waals surface area contributed by atoms with Crippen LogP contribution in [0, 0.1) is 0 Å². The number of rotatable bonds is 2. The van der Waals surface area contributed by atoms with E-state index in [1.807, 2.05) is 71.9 Å². The lowest BCUT2D eigenvalue weighted by Gasteiger charge is -2.25. The van der Waals surface area contributed by atoms with Crippen molar-refractivity contribution in [2.24, 2.45) is 0 Å². The Morgan fingerprint density at radius 3 is 1.78 bits per heavy atom. The second-order valence-corrected chi connectivity index (χ2v) is 10.8. The standard InChI is InChI=1S/C14H18N2O3.C13H18N2O2/c1-14(2,3)19-13(18)16-7-6-10-4-5-11(15-9-17)8-12(10)16;1-13(2,3)17-12(16)15-7-6-9-4-5-10(14)8-11(9)15/h4-5,8-9H,6-7H2,1-3H3,(H,15,17);4-5,8H,6-7,14H2,1-3H3. The minimum Gasteiger partial charge on any atom is -0.443 e. The Morgan fingerprint density at radius 1 is 0.833 bits per heavy atom. The zero-order valence-corrected chi connectivity index (χ0v) is 21.9. The SMILES string of the molecule is CC(C)(C)OC(=O)N1CCc2ccc(N)cc21.CC(C)(C)OC(=O)N1CCc2ccc(NC=O)cc21. The first-order chi connectivity index (χ1) is 16.8. The summed E-state index contributed by atoms with van der Waals surface area (Å²) in [4.78, 5) is 37.8. The van der Waals surface area contributed by atoms with E-state index in [0.29, 0.717) is 30.9 Å². The van der Waals surface area contributed by atoms with Crippen LogP contribution in [0.15, 0.2) is 36.4 Å². The fraction of sp³-hybridized carbons (Fsp3) is 0.444. The molecule has 3 N–H and O–H groups in total. The number of anilines is 4. The van der Waals surface area contributed by atoms with Crippen molar-refractivity contribution in [3.63, 3.8) is 0 Å². The maximum Gasteiger partial charge on any atom is 0.414 e. The molecular weight excluding hydrogens is 460 g/mol. The predicted molar refractivity (Wildman–Crippen MR) is 142 cm³/mol. The summed E-state index contributed by atoms with van der Waals surface area (Å²) in [6.45, 7) is 12.4. The monoisotopic (exact) mass is 496 g/mol. The van der Waals surface area contributed by atoms with Crippen molar-refractivity contribution in [3.8, 4) is 0 Å². The molecule has 194 valence electrons. The molecule has 4 rings (SSSR count). The van der Waals surface area contributed by atoms with Gasteiger partial charge in [0.05, 0.1) is 11.4 Å². The number of benzene rings is 2. The van der Waals surface area contributed by atoms with E-state index in [-0.39, 0.29) is 12.2 Å². The maximum atomic E-state index is 12.1. The van der Waals surface area contributed by atoms with Crippen LogP contribution in [0.25, 0.3) is 0 Å². The van der Waals surface area contributed by atoms with Crippen molar-refractivity contribution < 1.29 is 23.9 Å². The number of nitrogen functional groups attached to an aromatic ring is 1. The molecule has 0 saturated heterocycles. The Hall–Kier alpha value is -3.75. The average molecular weight is 497 g/mol. The molecule has 9 heteroatoms. The molecular formula is C27H36N4O5. The van der Waals surface area contributed by atoms with Crippen LogP contribution in [0.5, 0.6) is 0 Å². The molecule has 36 heavy (non-hydrogen) atoms. The molecule has 0 aliphatic carbocycles. The van der Waals surface area contributed by atoms with Gasteiger partial charge in [-0.1, -0.05) is 12.1 Å². The molecule has 0 radical (unpaired) electrons. The van der Waals surface area contributed by atoms with Crippen LogP contribution in [0.2, 0.25) is 0 Å². The van der Waals surface area contributed by atoms with E-state index in [0.717, 1.165) is 35.3 Å². The summed E-state index contributed by atoms with van der Waals surface area (Å²) in [5.74, 6) is 0. The number of nitrogens with one attached hydrogen (secondary N) is 1. The van der Waals surface area contributed by atoms with Gasteiger partial charge in [0.2, 0.25) is 6.41 Å². The average Bonchev–Trinajstić information content (AvgIpc) is 3.35. The van der Waals surface area contributed by atoms with Crippen LogP contribution in [0.1, 0.15) is 52.7 Å². The summed E-state index contributed by atoms with van der Waals surface area (Å²) < 4.78 is 10.7. The van der Waals surface area contributed by atoms with Gasteiger partial charge in [0.1, 0.15) is 11.2 Å². The first-order valence-electron chi connectivity index (χ1n) is 12.0. The predicted octanol–water partition coefficient (Wildman–Crippen LogP) is 5.12. The Bertz CT molecular complexity index is 1130. The molecule has 0 atom stereocenters. The number of hydrogen-bond donors (Lipinski definition) is 2. The number of amides is 3. The molecule has 0 spiro atoms. The molecule has 2 aromatic rings.